The molecular formula is C26H20N4O2P2S. The number of H-pyrrole nitrogens is 2. The van der Waals surface area contributed by atoms with Crippen molar-refractivity contribution in [3.63, 3.8) is 0 Å². The summed E-state index contributed by atoms with van der Waals surface area (Å²) in [4.78, 5) is 38.3. The molecule has 0 aliphatic rings. The molecular weight excluding hydrogens is 494 g/mol. The average molecular weight is 514 g/mol. The molecule has 0 radical (unpaired) electrons. The number of carbonyl (C=O) groups excluding carboxylic acids is 2. The molecule has 0 aliphatic heterocycles. The summed E-state index contributed by atoms with van der Waals surface area (Å²) < 4.78 is 2.43. The first-order valence-corrected chi connectivity index (χ1v) is 13.8. The van der Waals surface area contributed by atoms with E-state index in [-0.39, 0.29) is 28.2 Å². The fourth-order valence-corrected chi connectivity index (χ4v) is 6.79. The highest BCUT2D eigenvalue weighted by molar-refractivity contribution is 7.64. The second-order valence-electron chi connectivity index (χ2n) is 8.35. The lowest BCUT2D eigenvalue weighted by Gasteiger charge is -2.02. The van der Waals surface area contributed by atoms with Crippen molar-refractivity contribution in [3.8, 4) is 22.4 Å². The van der Waals surface area contributed by atoms with Gasteiger partial charge in [-0.15, -0.1) is 11.3 Å². The van der Waals surface area contributed by atoms with Crippen molar-refractivity contribution in [2.24, 2.45) is 0 Å². The first-order chi connectivity index (χ1) is 16.9. The number of nitrogens with one attached hydrogen (secondary N) is 2. The van der Waals surface area contributed by atoms with Crippen LogP contribution in [0.3, 0.4) is 0 Å². The van der Waals surface area contributed by atoms with Crippen molar-refractivity contribution >= 4 is 81.9 Å². The van der Waals surface area contributed by atoms with E-state index in [1.54, 1.807) is 31.4 Å². The SMILES string of the molecule is CC(=O)Pc1ncc(-c2ccc3c(c2)sc2cc(-c4ccc5nc(PC(C)=O)[nH]c5c4)ccc23)[nH]1. The van der Waals surface area contributed by atoms with Gasteiger partial charge in [-0.3, -0.25) is 9.59 Å². The maximum atomic E-state index is 11.5. The Kier molecular flexibility index (Phi) is 5.57. The molecule has 0 saturated carbocycles. The van der Waals surface area contributed by atoms with Crippen LogP contribution >= 0.6 is 28.5 Å². The molecule has 0 bridgehead atoms. The number of nitrogens with zero attached hydrogens (tertiary/aromatic N) is 2. The van der Waals surface area contributed by atoms with Gasteiger partial charge < -0.3 is 9.97 Å². The van der Waals surface area contributed by atoms with Crippen LogP contribution in [0.1, 0.15) is 13.8 Å². The van der Waals surface area contributed by atoms with Gasteiger partial charge >= 0.3 is 0 Å². The molecule has 6 rings (SSSR count). The second-order valence-corrected chi connectivity index (χ2v) is 12.3. The molecule has 3 aromatic carbocycles. The predicted octanol–water partition coefficient (Wildman–Crippen LogP) is 5.69. The molecule has 172 valence electrons. The van der Waals surface area contributed by atoms with Crippen molar-refractivity contribution in [3.05, 3.63) is 60.8 Å². The van der Waals surface area contributed by atoms with Crippen molar-refractivity contribution in [1.29, 1.82) is 0 Å². The van der Waals surface area contributed by atoms with E-state index in [1.807, 2.05) is 6.07 Å². The number of aromatic amines is 2. The third kappa shape index (κ3) is 4.32. The molecule has 6 nitrogen and oxygen atoms in total. The number of thiophene rings is 1. The standard InChI is InChI=1S/C26H20N4O2P2S/c1-13(31)33-25-27-12-22(30-25)17-4-7-19-18-6-3-16(10-23(18)35-24(19)11-17)15-5-8-20-21(9-15)29-26(28-20)34-14(2)32/h3-12,33-34H,1-2H3,(H,27,30)(H,28,29). The van der Waals surface area contributed by atoms with E-state index in [0.717, 1.165) is 44.5 Å². The minimum absolute atomic E-state index is 0.0520. The molecule has 6 aromatic rings. The lowest BCUT2D eigenvalue weighted by molar-refractivity contribution is -0.110. The van der Waals surface area contributed by atoms with Crippen molar-refractivity contribution in [2.45, 2.75) is 13.8 Å². The van der Waals surface area contributed by atoms with Crippen LogP contribution in [0, 0.1) is 0 Å². The Balaban J connectivity index is 1.36. The summed E-state index contributed by atoms with van der Waals surface area (Å²) in [6, 6.07) is 19.2. The largest absolute Gasteiger partial charge is 0.338 e. The molecule has 0 aliphatic carbocycles. The molecule has 9 heteroatoms. The van der Waals surface area contributed by atoms with Crippen molar-refractivity contribution < 1.29 is 9.59 Å². The molecule has 0 fully saturated rings. The second kappa shape index (κ2) is 8.76. The summed E-state index contributed by atoms with van der Waals surface area (Å²) in [5.74, 6) is 0. The van der Waals surface area contributed by atoms with Gasteiger partial charge in [0.15, 0.2) is 11.0 Å². The zero-order chi connectivity index (χ0) is 24.1. The van der Waals surface area contributed by atoms with Crippen molar-refractivity contribution in [1.82, 2.24) is 19.9 Å². The van der Waals surface area contributed by atoms with E-state index >= 15 is 0 Å². The van der Waals surface area contributed by atoms with Gasteiger partial charge in [-0.05, 0) is 49.2 Å². The van der Waals surface area contributed by atoms with E-state index in [9.17, 15) is 9.59 Å². The first kappa shape index (κ1) is 22.2. The number of carbonyl (C=O) groups is 2. The summed E-state index contributed by atoms with van der Waals surface area (Å²) in [5, 5.41) is 2.46. The number of hydrogen-bond donors (Lipinski definition) is 2. The maximum absolute atomic E-state index is 11.5. The van der Waals surface area contributed by atoms with Gasteiger partial charge in [-0.25, -0.2) is 9.97 Å². The third-order valence-electron chi connectivity index (χ3n) is 5.76. The molecule has 0 amide bonds. The zero-order valence-electron chi connectivity index (χ0n) is 18.9. The minimum atomic E-state index is 0.0520. The van der Waals surface area contributed by atoms with Gasteiger partial charge in [0, 0.05) is 42.9 Å². The Hall–Kier alpha value is -3.24. The molecule has 2 atom stereocenters. The molecule has 3 heterocycles. The Labute approximate surface area is 208 Å². The fraction of sp³-hybridized carbons (Fsp3) is 0.0769. The van der Waals surface area contributed by atoms with Crippen LogP contribution in [0.4, 0.5) is 0 Å². The first-order valence-electron chi connectivity index (χ1n) is 11.0. The monoisotopic (exact) mass is 514 g/mol. The summed E-state index contributed by atoms with van der Waals surface area (Å²) in [6.45, 7) is 3.17. The summed E-state index contributed by atoms with van der Waals surface area (Å²) in [5.41, 5.74) is 7.72. The molecule has 3 aromatic heterocycles. The Morgan fingerprint density at radius 1 is 0.771 bits per heavy atom. The van der Waals surface area contributed by atoms with Gasteiger partial charge in [0.05, 0.1) is 22.9 Å². The highest BCUT2D eigenvalue weighted by Gasteiger charge is 2.12. The number of imidazole rings is 2. The van der Waals surface area contributed by atoms with E-state index in [0.29, 0.717) is 0 Å². The number of benzene rings is 3. The van der Waals surface area contributed by atoms with Crippen LogP contribution in [-0.2, 0) is 9.59 Å². The normalized spacial score (nSPS) is 12.3. The molecule has 35 heavy (non-hydrogen) atoms. The maximum Gasteiger partial charge on any atom is 0.155 e. The summed E-state index contributed by atoms with van der Waals surface area (Å²) >= 11 is 1.77. The number of hydrogen-bond acceptors (Lipinski definition) is 5. The topological polar surface area (TPSA) is 91.5 Å². The Morgan fingerprint density at radius 2 is 1.40 bits per heavy atom. The van der Waals surface area contributed by atoms with Crippen LogP contribution in [-0.4, -0.2) is 31.0 Å². The fourth-order valence-electron chi connectivity index (χ4n) is 4.24. The number of aromatic nitrogens is 4. The molecule has 0 saturated heterocycles. The van der Waals surface area contributed by atoms with Crippen LogP contribution in [0.25, 0.3) is 53.6 Å². The summed E-state index contributed by atoms with van der Waals surface area (Å²) in [7, 11) is 0.106. The van der Waals surface area contributed by atoms with Crippen LogP contribution in [0.15, 0.2) is 60.8 Å². The van der Waals surface area contributed by atoms with Gasteiger partial charge in [0.2, 0.25) is 0 Å². The van der Waals surface area contributed by atoms with Crippen LogP contribution in [0.5, 0.6) is 0 Å². The Morgan fingerprint density at radius 3 is 2.14 bits per heavy atom. The molecule has 2 N–H and O–H groups in total. The van der Waals surface area contributed by atoms with Gasteiger partial charge in [-0.2, -0.15) is 0 Å². The predicted molar refractivity (Wildman–Crippen MR) is 149 cm³/mol. The minimum Gasteiger partial charge on any atom is -0.338 e. The summed E-state index contributed by atoms with van der Waals surface area (Å²) in [6.07, 6.45) is 1.80. The van der Waals surface area contributed by atoms with Gasteiger partial charge in [-0.1, -0.05) is 30.3 Å². The average Bonchev–Trinajstić information content (AvgIpc) is 3.52. The third-order valence-corrected chi connectivity index (χ3v) is 8.55. The lowest BCUT2D eigenvalue weighted by Crippen LogP contribution is -2.01. The number of rotatable bonds is 6. The van der Waals surface area contributed by atoms with Crippen molar-refractivity contribution in [2.75, 3.05) is 0 Å². The van der Waals surface area contributed by atoms with Crippen LogP contribution < -0.4 is 11.1 Å². The van der Waals surface area contributed by atoms with Crippen LogP contribution in [0.2, 0.25) is 0 Å². The molecule has 2 unspecified atom stereocenters. The zero-order valence-corrected chi connectivity index (χ0v) is 21.7. The van der Waals surface area contributed by atoms with Gasteiger partial charge in [0.1, 0.15) is 11.1 Å². The van der Waals surface area contributed by atoms with E-state index in [1.165, 1.54) is 20.2 Å². The quantitative estimate of drug-likeness (QED) is 0.280. The van der Waals surface area contributed by atoms with E-state index < -0.39 is 0 Å². The van der Waals surface area contributed by atoms with Gasteiger partial charge in [0.25, 0.3) is 0 Å². The van der Waals surface area contributed by atoms with E-state index in [4.69, 9.17) is 0 Å². The molecule has 0 spiro atoms. The highest BCUT2D eigenvalue weighted by Crippen LogP contribution is 2.38. The van der Waals surface area contributed by atoms with E-state index in [2.05, 4.69) is 68.5 Å². The number of fused-ring (bicyclic) bond motifs is 4. The lowest BCUT2D eigenvalue weighted by atomic mass is 10.0. The Bertz CT molecular complexity index is 1780. The smallest absolute Gasteiger partial charge is 0.155 e. The highest BCUT2D eigenvalue weighted by atomic mass is 32.1.